The van der Waals surface area contributed by atoms with Gasteiger partial charge >= 0.3 is 0 Å². The van der Waals surface area contributed by atoms with Crippen LogP contribution in [0.3, 0.4) is 0 Å². The molecule has 2 aliphatic rings. The van der Waals surface area contributed by atoms with Crippen LogP contribution in [0.1, 0.15) is 36.2 Å². The Labute approximate surface area is 206 Å². The smallest absolute Gasteiger partial charge is 0.268 e. The fraction of sp³-hybridized carbons (Fsp3) is 0.520. The summed E-state index contributed by atoms with van der Waals surface area (Å²) >= 11 is 0. The Bertz CT molecular complexity index is 1190. The molecule has 1 saturated heterocycles. The van der Waals surface area contributed by atoms with Gasteiger partial charge in [-0.25, -0.2) is 0 Å². The molecule has 1 spiro atoms. The topological polar surface area (TPSA) is 136 Å². The molecule has 0 bridgehead atoms. The Kier molecular flexibility index (Phi) is 6.64. The monoisotopic (exact) mass is 495 g/mol. The fourth-order valence-corrected chi connectivity index (χ4v) is 6.35. The van der Waals surface area contributed by atoms with Gasteiger partial charge in [-0.1, -0.05) is 25.7 Å². The van der Waals surface area contributed by atoms with Crippen LogP contribution in [-0.4, -0.2) is 55.5 Å². The third kappa shape index (κ3) is 5.67. The molecule has 2 aromatic rings. The predicted molar refractivity (Wildman–Crippen MR) is 135 cm³/mol. The molecule has 2 heterocycles. The van der Waals surface area contributed by atoms with Crippen LogP contribution in [0.4, 0.5) is 0 Å². The van der Waals surface area contributed by atoms with Crippen molar-refractivity contribution < 1.29 is 19.1 Å². The van der Waals surface area contributed by atoms with E-state index in [9.17, 15) is 19.6 Å². The van der Waals surface area contributed by atoms with Crippen LogP contribution in [-0.2, 0) is 9.59 Å². The number of H-pyrrole nitrogens is 1. The Morgan fingerprint density at radius 2 is 2.03 bits per heavy atom. The number of carbonyl (C=O) groups is 3. The van der Waals surface area contributed by atoms with Crippen molar-refractivity contribution in [2.75, 3.05) is 7.11 Å². The van der Waals surface area contributed by atoms with Crippen molar-refractivity contribution in [3.8, 4) is 11.8 Å². The Balaban J connectivity index is 1.46. The molecule has 0 unspecified atom stereocenters. The molecule has 10 heteroatoms. The minimum Gasteiger partial charge on any atom is -0.496 e. The number of fused-ring (bicyclic) bond motifs is 1. The largest absolute Gasteiger partial charge is 0.496 e. The van der Waals surface area contributed by atoms with Gasteiger partial charge in [-0.3, -0.25) is 14.4 Å². The average Bonchev–Trinajstić information content (AvgIpc) is 3.26. The van der Waals surface area contributed by atoms with Gasteiger partial charge in [0.15, 0.2) is 0 Å². The summed E-state index contributed by atoms with van der Waals surface area (Å²) in [6.45, 7) is 6.35. The molecule has 186 valence electrons. The molecule has 35 heavy (non-hydrogen) atoms. The van der Waals surface area contributed by atoms with Crippen molar-refractivity contribution >= 4 is 36.7 Å². The number of aromatic amines is 1. The molecule has 4 rings (SSSR count). The summed E-state index contributed by atoms with van der Waals surface area (Å²) in [5.41, 5.74) is 1.00. The number of nitrogens with zero attached hydrogens (tertiary/aromatic N) is 1. The first kappa shape index (κ1) is 24.8. The maximum absolute atomic E-state index is 13.2. The van der Waals surface area contributed by atoms with Crippen LogP contribution < -0.4 is 20.7 Å². The third-order valence-electron chi connectivity index (χ3n) is 6.77. The van der Waals surface area contributed by atoms with Gasteiger partial charge in [-0.15, -0.1) is 0 Å². The highest BCUT2D eigenvalue weighted by Crippen LogP contribution is 2.46. The number of hydrogen-bond donors (Lipinski definition) is 4. The van der Waals surface area contributed by atoms with Crippen molar-refractivity contribution in [3.05, 3.63) is 30.0 Å². The van der Waals surface area contributed by atoms with Gasteiger partial charge in [-0.2, -0.15) is 5.26 Å². The summed E-state index contributed by atoms with van der Waals surface area (Å²) in [7, 11) is -0.198. The first-order chi connectivity index (χ1) is 16.5. The van der Waals surface area contributed by atoms with Crippen molar-refractivity contribution in [2.24, 2.45) is 5.92 Å². The zero-order chi connectivity index (χ0) is 25.4. The number of nitriles is 1. The molecular formula is C25H33N5O4Si. The van der Waals surface area contributed by atoms with Gasteiger partial charge in [0.25, 0.3) is 5.91 Å². The fourth-order valence-electron chi connectivity index (χ4n) is 4.84. The summed E-state index contributed by atoms with van der Waals surface area (Å²) in [5, 5.41) is 19.1. The summed E-state index contributed by atoms with van der Waals surface area (Å²) in [5.74, 6) is -0.483. The second-order valence-electron chi connectivity index (χ2n) is 11.0. The lowest BCUT2D eigenvalue weighted by Gasteiger charge is -2.26. The van der Waals surface area contributed by atoms with E-state index in [0.29, 0.717) is 23.9 Å². The number of benzene rings is 1. The maximum atomic E-state index is 13.2. The van der Waals surface area contributed by atoms with Crippen LogP contribution in [0.2, 0.25) is 25.7 Å². The first-order valence-corrected chi connectivity index (χ1v) is 15.7. The van der Waals surface area contributed by atoms with Crippen molar-refractivity contribution in [1.82, 2.24) is 20.9 Å². The van der Waals surface area contributed by atoms with Crippen molar-refractivity contribution in [1.29, 1.82) is 5.26 Å². The van der Waals surface area contributed by atoms with Crippen LogP contribution >= 0.6 is 0 Å². The van der Waals surface area contributed by atoms with Crippen molar-refractivity contribution in [3.63, 3.8) is 0 Å². The van der Waals surface area contributed by atoms with E-state index < -0.39 is 32.0 Å². The standard InChI is InChI=1S/C25H33N5O4Si/c1-34-21-7-5-6-18-17(21)11-19(28-18)23(32)29-20(14-35(2,3)4)24(33)27-16(13-26)10-15-12-25(8-9-25)30-22(15)31/h5-7,11,15-16,20,28H,8-10,12,14H2,1-4H3,(H,27,33)(H,29,32)(H,30,31)/t15-,16+,20+/m1/s1. The minimum absolute atomic E-state index is 0.0433. The highest BCUT2D eigenvalue weighted by atomic mass is 28.3. The number of methoxy groups -OCH3 is 1. The zero-order valence-electron chi connectivity index (χ0n) is 20.7. The average molecular weight is 496 g/mol. The molecule has 0 radical (unpaired) electrons. The number of rotatable bonds is 9. The maximum Gasteiger partial charge on any atom is 0.268 e. The molecule has 9 nitrogen and oxygen atoms in total. The Morgan fingerprint density at radius 3 is 2.63 bits per heavy atom. The van der Waals surface area contributed by atoms with E-state index in [1.807, 2.05) is 18.2 Å². The molecule has 2 fully saturated rings. The first-order valence-electron chi connectivity index (χ1n) is 12.0. The highest BCUT2D eigenvalue weighted by molar-refractivity contribution is 6.76. The molecule has 1 saturated carbocycles. The van der Waals surface area contributed by atoms with E-state index in [0.717, 1.165) is 23.7 Å². The Morgan fingerprint density at radius 1 is 1.29 bits per heavy atom. The quantitative estimate of drug-likeness (QED) is 0.397. The molecule has 1 aromatic carbocycles. The van der Waals surface area contributed by atoms with Gasteiger partial charge in [-0.05, 0) is 49.9 Å². The number of amides is 3. The molecule has 4 N–H and O–H groups in total. The molecule has 1 aliphatic carbocycles. The summed E-state index contributed by atoms with van der Waals surface area (Å²) in [6, 6.07) is 8.26. The zero-order valence-corrected chi connectivity index (χ0v) is 21.7. The van der Waals surface area contributed by atoms with Gasteiger partial charge in [0.05, 0.1) is 13.2 Å². The summed E-state index contributed by atoms with van der Waals surface area (Å²) < 4.78 is 5.37. The molecular weight excluding hydrogens is 462 g/mol. The predicted octanol–water partition coefficient (Wildman–Crippen LogP) is 2.68. The van der Waals surface area contributed by atoms with E-state index in [-0.39, 0.29) is 23.8 Å². The lowest BCUT2D eigenvalue weighted by Crippen LogP contribution is -2.52. The highest BCUT2D eigenvalue weighted by Gasteiger charge is 2.52. The second kappa shape index (κ2) is 9.38. The SMILES string of the molecule is COc1cccc2[nH]c(C(=O)N[C@@H](C[Si](C)(C)C)C(=O)N[C@H](C#N)C[C@@H]3CC4(CC4)NC3=O)cc12. The van der Waals surface area contributed by atoms with E-state index in [1.54, 1.807) is 13.2 Å². The molecule has 3 atom stereocenters. The van der Waals surface area contributed by atoms with Crippen LogP contribution in [0, 0.1) is 17.2 Å². The summed E-state index contributed by atoms with van der Waals surface area (Å²) in [6.07, 6.45) is 2.93. The van der Waals surface area contributed by atoms with Crippen LogP contribution in [0.25, 0.3) is 10.9 Å². The third-order valence-corrected chi connectivity index (χ3v) is 8.40. The van der Waals surface area contributed by atoms with E-state index in [2.05, 4.69) is 46.6 Å². The number of ether oxygens (including phenoxy) is 1. The van der Waals surface area contributed by atoms with Gasteiger partial charge in [0.2, 0.25) is 11.8 Å². The molecule has 1 aliphatic heterocycles. The van der Waals surface area contributed by atoms with E-state index in [4.69, 9.17) is 4.74 Å². The molecule has 3 amide bonds. The van der Waals surface area contributed by atoms with Gasteiger partial charge in [0, 0.05) is 30.4 Å². The number of hydrogen-bond acceptors (Lipinski definition) is 5. The van der Waals surface area contributed by atoms with Crippen LogP contribution in [0.15, 0.2) is 24.3 Å². The van der Waals surface area contributed by atoms with Crippen molar-refractivity contribution in [2.45, 2.75) is 69.0 Å². The second-order valence-corrected chi connectivity index (χ2v) is 16.5. The van der Waals surface area contributed by atoms with Gasteiger partial charge < -0.3 is 25.7 Å². The Hall–Kier alpha value is -3.32. The summed E-state index contributed by atoms with van der Waals surface area (Å²) in [4.78, 5) is 41.7. The van der Waals surface area contributed by atoms with Crippen LogP contribution in [0.5, 0.6) is 5.75 Å². The number of nitrogens with one attached hydrogen (secondary N) is 4. The number of carbonyl (C=O) groups excluding carboxylic acids is 3. The lowest BCUT2D eigenvalue weighted by molar-refractivity contribution is -0.125. The van der Waals surface area contributed by atoms with E-state index >= 15 is 0 Å². The van der Waals surface area contributed by atoms with Gasteiger partial charge in [0.1, 0.15) is 23.5 Å². The minimum atomic E-state index is -1.77. The molecule has 1 aromatic heterocycles. The van der Waals surface area contributed by atoms with E-state index in [1.165, 1.54) is 0 Å². The number of aromatic nitrogens is 1. The normalized spacial score (nSPS) is 20.1. The lowest BCUT2D eigenvalue weighted by atomic mass is 9.96.